The fraction of sp³-hybridized carbons (Fsp3) is 0.167. The maximum atomic E-state index is 11.9. The first kappa shape index (κ1) is 15.2. The summed E-state index contributed by atoms with van der Waals surface area (Å²) in [4.78, 5) is 15.3. The second-order valence-corrected chi connectivity index (χ2v) is 5.79. The van der Waals surface area contributed by atoms with Gasteiger partial charge in [-0.25, -0.2) is 4.79 Å². The smallest absolute Gasteiger partial charge is 0.315 e. The molecule has 0 bridgehead atoms. The molecule has 0 aliphatic rings. The minimum absolute atomic E-state index is 0.219. The van der Waals surface area contributed by atoms with Crippen molar-refractivity contribution in [1.82, 2.24) is 30.2 Å². The van der Waals surface area contributed by atoms with Gasteiger partial charge in [-0.1, -0.05) is 24.3 Å². The van der Waals surface area contributed by atoms with Crippen LogP contribution in [-0.2, 0) is 13.0 Å². The van der Waals surface area contributed by atoms with Crippen LogP contribution in [-0.4, -0.2) is 32.2 Å². The molecule has 0 unspecified atom stereocenters. The lowest BCUT2D eigenvalue weighted by Crippen LogP contribution is -2.36. The number of hydrogen-bond donors (Lipinski definition) is 3. The lowest BCUT2D eigenvalue weighted by atomic mass is 10.2. The van der Waals surface area contributed by atoms with Gasteiger partial charge in [0.25, 0.3) is 0 Å². The van der Waals surface area contributed by atoms with Gasteiger partial charge in [0, 0.05) is 30.4 Å². The van der Waals surface area contributed by atoms with Gasteiger partial charge >= 0.3 is 6.03 Å². The fourth-order valence-electron chi connectivity index (χ4n) is 2.81. The molecule has 0 atom stereocenters. The van der Waals surface area contributed by atoms with Crippen molar-refractivity contribution < 1.29 is 4.79 Å². The number of urea groups is 1. The number of benzene rings is 1. The topological polar surface area (TPSA) is 87.1 Å². The molecule has 0 saturated carbocycles. The molecule has 1 aromatic carbocycles. The second-order valence-electron chi connectivity index (χ2n) is 5.79. The molecule has 0 aliphatic carbocycles. The van der Waals surface area contributed by atoms with Gasteiger partial charge in [-0.15, -0.1) is 10.2 Å². The number of H-pyrrole nitrogens is 1. The zero-order chi connectivity index (χ0) is 17.1. The third-order valence-electron chi connectivity index (χ3n) is 4.06. The van der Waals surface area contributed by atoms with Gasteiger partial charge in [0.2, 0.25) is 0 Å². The number of para-hydroxylation sites is 1. The number of pyridine rings is 1. The maximum Gasteiger partial charge on any atom is 0.315 e. The van der Waals surface area contributed by atoms with E-state index in [1.54, 1.807) is 0 Å². The average molecular weight is 334 g/mol. The molecular formula is C18H18N6O. The lowest BCUT2D eigenvalue weighted by Gasteiger charge is -2.06. The Labute approximate surface area is 144 Å². The van der Waals surface area contributed by atoms with Gasteiger partial charge in [0.15, 0.2) is 11.5 Å². The van der Waals surface area contributed by atoms with Crippen LogP contribution in [0.4, 0.5) is 4.79 Å². The van der Waals surface area contributed by atoms with E-state index in [2.05, 4.69) is 37.9 Å². The molecule has 3 aromatic heterocycles. The van der Waals surface area contributed by atoms with Crippen LogP contribution in [0.15, 0.2) is 54.7 Å². The number of fused-ring (bicyclic) bond motifs is 2. The quantitative estimate of drug-likeness (QED) is 0.523. The van der Waals surface area contributed by atoms with E-state index in [9.17, 15) is 4.79 Å². The van der Waals surface area contributed by atoms with E-state index in [0.29, 0.717) is 18.9 Å². The molecule has 4 aromatic rings. The molecule has 2 amide bonds. The Kier molecular flexibility index (Phi) is 4.04. The van der Waals surface area contributed by atoms with Crippen LogP contribution in [0.2, 0.25) is 0 Å². The molecule has 3 heterocycles. The van der Waals surface area contributed by atoms with Gasteiger partial charge in [-0.3, -0.25) is 4.40 Å². The molecular weight excluding hydrogens is 316 g/mol. The molecule has 0 spiro atoms. The number of carbonyl (C=O) groups is 1. The SMILES string of the molecule is O=C(NCCc1cc2ccccc2[nH]1)NCc1nnc2ccccn12. The van der Waals surface area contributed by atoms with Crippen molar-refractivity contribution >= 4 is 22.6 Å². The van der Waals surface area contributed by atoms with Crippen molar-refractivity contribution in [1.29, 1.82) is 0 Å². The zero-order valence-corrected chi connectivity index (χ0v) is 13.6. The Morgan fingerprint density at radius 1 is 1.08 bits per heavy atom. The van der Waals surface area contributed by atoms with Crippen molar-refractivity contribution in [3.63, 3.8) is 0 Å². The summed E-state index contributed by atoms with van der Waals surface area (Å²) in [5, 5.41) is 15.0. The van der Waals surface area contributed by atoms with Crippen LogP contribution in [0.3, 0.4) is 0 Å². The number of nitrogens with zero attached hydrogens (tertiary/aromatic N) is 3. The monoisotopic (exact) mass is 334 g/mol. The largest absolute Gasteiger partial charge is 0.358 e. The Morgan fingerprint density at radius 2 is 1.96 bits per heavy atom. The summed E-state index contributed by atoms with van der Waals surface area (Å²) in [5.41, 5.74) is 2.98. The molecule has 3 N–H and O–H groups in total. The highest BCUT2D eigenvalue weighted by atomic mass is 16.2. The molecule has 7 nitrogen and oxygen atoms in total. The first-order valence-electron chi connectivity index (χ1n) is 8.16. The highest BCUT2D eigenvalue weighted by Gasteiger charge is 2.07. The average Bonchev–Trinajstić information content (AvgIpc) is 3.23. The van der Waals surface area contributed by atoms with Crippen LogP contribution < -0.4 is 10.6 Å². The van der Waals surface area contributed by atoms with E-state index in [1.807, 2.05) is 47.0 Å². The summed E-state index contributed by atoms with van der Waals surface area (Å²) >= 11 is 0. The first-order valence-corrected chi connectivity index (χ1v) is 8.16. The van der Waals surface area contributed by atoms with Crippen molar-refractivity contribution in [3.05, 3.63) is 66.2 Å². The molecule has 0 aliphatic heterocycles. The third kappa shape index (κ3) is 3.30. The molecule has 0 radical (unpaired) electrons. The molecule has 4 rings (SSSR count). The summed E-state index contributed by atoms with van der Waals surface area (Å²) in [6.45, 7) is 0.878. The van der Waals surface area contributed by atoms with Gasteiger partial charge in [-0.2, -0.15) is 0 Å². The Bertz CT molecular complexity index is 985. The molecule has 7 heteroatoms. The third-order valence-corrected chi connectivity index (χ3v) is 4.06. The predicted octanol–water partition coefficient (Wildman–Crippen LogP) is 2.25. The van der Waals surface area contributed by atoms with Crippen molar-refractivity contribution in [2.24, 2.45) is 0 Å². The predicted molar refractivity (Wildman–Crippen MR) is 95.2 cm³/mol. The fourth-order valence-corrected chi connectivity index (χ4v) is 2.81. The van der Waals surface area contributed by atoms with Crippen molar-refractivity contribution in [3.8, 4) is 0 Å². The summed E-state index contributed by atoms with van der Waals surface area (Å²) in [6.07, 6.45) is 2.62. The summed E-state index contributed by atoms with van der Waals surface area (Å²) in [6, 6.07) is 15.7. The Balaban J connectivity index is 1.27. The minimum Gasteiger partial charge on any atom is -0.358 e. The second kappa shape index (κ2) is 6.64. The van der Waals surface area contributed by atoms with Gasteiger partial charge in [0.05, 0.1) is 6.54 Å². The standard InChI is InChI=1S/C18H18N6O/c25-18(20-12-17-23-22-16-7-3-4-10-24(16)17)19-9-8-14-11-13-5-1-2-6-15(13)21-14/h1-7,10-11,21H,8-9,12H2,(H2,19,20,25). The number of hydrogen-bond acceptors (Lipinski definition) is 3. The normalized spacial score (nSPS) is 11.0. The number of amides is 2. The molecule has 126 valence electrons. The Morgan fingerprint density at radius 3 is 2.88 bits per heavy atom. The van der Waals surface area contributed by atoms with E-state index in [4.69, 9.17) is 0 Å². The number of rotatable bonds is 5. The summed E-state index contributed by atoms with van der Waals surface area (Å²) in [5.74, 6) is 0.696. The zero-order valence-electron chi connectivity index (χ0n) is 13.6. The molecule has 25 heavy (non-hydrogen) atoms. The summed E-state index contributed by atoms with van der Waals surface area (Å²) in [7, 11) is 0. The maximum absolute atomic E-state index is 11.9. The van der Waals surface area contributed by atoms with Crippen LogP contribution in [0.25, 0.3) is 16.6 Å². The summed E-state index contributed by atoms with van der Waals surface area (Å²) < 4.78 is 1.85. The first-order chi connectivity index (χ1) is 12.3. The molecule has 0 saturated heterocycles. The minimum atomic E-state index is -0.219. The van der Waals surface area contributed by atoms with E-state index < -0.39 is 0 Å². The Hall–Kier alpha value is -3.35. The van der Waals surface area contributed by atoms with E-state index in [0.717, 1.165) is 23.3 Å². The van der Waals surface area contributed by atoms with Gasteiger partial charge in [-0.05, 0) is 29.7 Å². The van der Waals surface area contributed by atoms with Crippen molar-refractivity contribution in [2.75, 3.05) is 6.54 Å². The number of aromatic nitrogens is 4. The lowest BCUT2D eigenvalue weighted by molar-refractivity contribution is 0.240. The van der Waals surface area contributed by atoms with Gasteiger partial charge < -0.3 is 15.6 Å². The van der Waals surface area contributed by atoms with E-state index >= 15 is 0 Å². The number of carbonyl (C=O) groups excluding carboxylic acids is 1. The van der Waals surface area contributed by atoms with Crippen LogP contribution >= 0.6 is 0 Å². The van der Waals surface area contributed by atoms with Crippen LogP contribution in [0.5, 0.6) is 0 Å². The van der Waals surface area contributed by atoms with Gasteiger partial charge in [0.1, 0.15) is 0 Å². The van der Waals surface area contributed by atoms with Crippen LogP contribution in [0, 0.1) is 0 Å². The highest BCUT2D eigenvalue weighted by Crippen LogP contribution is 2.14. The number of nitrogens with one attached hydrogen (secondary N) is 3. The number of aromatic amines is 1. The highest BCUT2D eigenvalue weighted by molar-refractivity contribution is 5.80. The van der Waals surface area contributed by atoms with E-state index in [-0.39, 0.29) is 6.03 Å². The van der Waals surface area contributed by atoms with Crippen molar-refractivity contribution in [2.45, 2.75) is 13.0 Å². The van der Waals surface area contributed by atoms with E-state index in [1.165, 1.54) is 5.39 Å². The van der Waals surface area contributed by atoms with Crippen LogP contribution in [0.1, 0.15) is 11.5 Å². The molecule has 0 fully saturated rings.